The highest BCUT2D eigenvalue weighted by Gasteiger charge is 2.64. The van der Waals surface area contributed by atoms with Crippen molar-refractivity contribution in [1.82, 2.24) is 9.88 Å². The van der Waals surface area contributed by atoms with Gasteiger partial charge in [-0.25, -0.2) is 4.98 Å². The van der Waals surface area contributed by atoms with Gasteiger partial charge in [0.25, 0.3) is 5.91 Å². The first-order chi connectivity index (χ1) is 21.3. The standard InChI is InChI=1S/C33H34N4O8/c1-36(2)20-14-19-29(45-22(35-19)11-10-15-8-6-7-9-21(15)44-5)24-17(20)12-16-13-18-26(37(3)4)28(39)25(32(34)42)31(41)33(18,43)30(40)23(16)27(24)38/h6-11,14,16,18,26,38,41,43H,12-13H2,1-5H3,(H2,34,42)/b11-10+/t16-,18-,26-,33-/m0/s1. The third-order valence-electron chi connectivity index (χ3n) is 9.12. The van der Waals surface area contributed by atoms with E-state index >= 15 is 0 Å². The Hall–Kier alpha value is -4.94. The van der Waals surface area contributed by atoms with Crippen LogP contribution < -0.4 is 15.4 Å². The number of likely N-dealkylation sites (N-methyl/N-ethyl adjacent to an activating group) is 1. The van der Waals surface area contributed by atoms with Crippen LogP contribution in [0.1, 0.15) is 29.0 Å². The van der Waals surface area contributed by atoms with E-state index in [0.29, 0.717) is 16.8 Å². The molecule has 2 aromatic carbocycles. The third-order valence-corrected chi connectivity index (χ3v) is 9.12. The number of anilines is 1. The van der Waals surface area contributed by atoms with E-state index in [1.807, 2.05) is 49.3 Å². The molecule has 0 saturated heterocycles. The molecule has 0 unspecified atom stereocenters. The topological polar surface area (TPSA) is 180 Å². The van der Waals surface area contributed by atoms with Crippen molar-refractivity contribution in [2.75, 3.05) is 40.2 Å². The fourth-order valence-electron chi connectivity index (χ4n) is 7.13. The van der Waals surface area contributed by atoms with Gasteiger partial charge in [0, 0.05) is 42.9 Å². The molecule has 0 aliphatic heterocycles. The number of rotatable bonds is 6. The van der Waals surface area contributed by atoms with Gasteiger partial charge >= 0.3 is 0 Å². The first-order valence-corrected chi connectivity index (χ1v) is 14.4. The van der Waals surface area contributed by atoms with E-state index in [4.69, 9.17) is 14.9 Å². The number of fused-ring (bicyclic) bond motifs is 5. The zero-order chi connectivity index (χ0) is 32.5. The van der Waals surface area contributed by atoms with Crippen molar-refractivity contribution < 1.29 is 38.9 Å². The summed E-state index contributed by atoms with van der Waals surface area (Å²) in [4.78, 5) is 47.8. The van der Waals surface area contributed by atoms with Crippen LogP contribution in [0.4, 0.5) is 5.69 Å². The van der Waals surface area contributed by atoms with E-state index in [1.54, 1.807) is 33.4 Å². The fraction of sp³-hybridized carbons (Fsp3) is 0.333. The van der Waals surface area contributed by atoms with E-state index in [-0.39, 0.29) is 35.5 Å². The summed E-state index contributed by atoms with van der Waals surface area (Å²) < 4.78 is 11.6. The van der Waals surface area contributed by atoms with Crippen LogP contribution in [0.5, 0.6) is 5.75 Å². The van der Waals surface area contributed by atoms with E-state index < -0.39 is 58.0 Å². The number of aromatic nitrogens is 1. The Kier molecular flexibility index (Phi) is 7.09. The van der Waals surface area contributed by atoms with Crippen molar-refractivity contribution in [2.24, 2.45) is 17.6 Å². The van der Waals surface area contributed by atoms with Gasteiger partial charge in [-0.1, -0.05) is 18.2 Å². The van der Waals surface area contributed by atoms with Crippen LogP contribution in [0.25, 0.3) is 29.0 Å². The number of amides is 1. The molecule has 45 heavy (non-hydrogen) atoms. The summed E-state index contributed by atoms with van der Waals surface area (Å²) in [5.41, 5.74) is 4.98. The zero-order valence-electron chi connectivity index (χ0n) is 25.5. The Bertz CT molecular complexity index is 1880. The molecule has 12 heteroatoms. The largest absolute Gasteiger partial charge is 0.508 e. The van der Waals surface area contributed by atoms with Crippen molar-refractivity contribution >= 4 is 52.2 Å². The molecule has 3 aliphatic carbocycles. The van der Waals surface area contributed by atoms with E-state index in [9.17, 15) is 29.7 Å². The van der Waals surface area contributed by atoms with Crippen LogP contribution in [0.15, 0.2) is 51.7 Å². The van der Waals surface area contributed by atoms with Gasteiger partial charge in [-0.3, -0.25) is 19.3 Å². The number of benzene rings is 2. The first kappa shape index (κ1) is 30.1. The lowest BCUT2D eigenvalue weighted by atomic mass is 9.57. The van der Waals surface area contributed by atoms with Crippen LogP contribution >= 0.6 is 0 Å². The number of carbonyl (C=O) groups excluding carboxylic acids is 3. The molecule has 0 bridgehead atoms. The first-order valence-electron chi connectivity index (χ1n) is 14.4. The molecular formula is C33H34N4O8. The van der Waals surface area contributed by atoms with Gasteiger partial charge < -0.3 is 35.1 Å². The smallest absolute Gasteiger partial charge is 0.255 e. The predicted molar refractivity (Wildman–Crippen MR) is 166 cm³/mol. The molecule has 6 rings (SSSR count). The minimum atomic E-state index is -2.66. The van der Waals surface area contributed by atoms with Crippen LogP contribution in [0.3, 0.4) is 0 Å². The molecule has 1 fully saturated rings. The number of ether oxygens (including phenoxy) is 1. The lowest BCUT2D eigenvalue weighted by molar-refractivity contribution is -0.153. The van der Waals surface area contributed by atoms with Crippen LogP contribution in [0.2, 0.25) is 0 Å². The molecule has 1 heterocycles. The molecule has 3 aliphatic rings. The third kappa shape index (κ3) is 4.35. The van der Waals surface area contributed by atoms with Gasteiger partial charge in [0.15, 0.2) is 17.0 Å². The van der Waals surface area contributed by atoms with Gasteiger partial charge in [0.2, 0.25) is 11.7 Å². The lowest BCUT2D eigenvalue weighted by Crippen LogP contribution is -2.65. The van der Waals surface area contributed by atoms with Crippen molar-refractivity contribution in [3.8, 4) is 5.75 Å². The number of Topliss-reactive ketones (excluding diaryl/α,β-unsaturated/α-hetero) is 2. The maximum atomic E-state index is 14.2. The van der Waals surface area contributed by atoms with Gasteiger partial charge in [0.05, 0.1) is 18.7 Å². The molecule has 3 aromatic rings. The summed E-state index contributed by atoms with van der Waals surface area (Å²) >= 11 is 0. The van der Waals surface area contributed by atoms with Gasteiger partial charge in [-0.15, -0.1) is 0 Å². The SMILES string of the molecule is COc1ccccc1/C=C/c1nc2cc(N(C)C)c3c(c2o1)C(O)=C1C(=O)[C@]2(O)C(O)=C(C(N)=O)C(=O)[C@@H](N(C)C)[C@@H]2C[C@@H]1C3. The summed E-state index contributed by atoms with van der Waals surface area (Å²) in [6.45, 7) is 0. The average molecular weight is 615 g/mol. The number of hydrogen-bond donors (Lipinski definition) is 4. The van der Waals surface area contributed by atoms with E-state index in [2.05, 4.69) is 4.98 Å². The summed E-state index contributed by atoms with van der Waals surface area (Å²) in [6.07, 6.45) is 3.78. The quantitative estimate of drug-likeness (QED) is 0.300. The number of oxazole rings is 1. The molecule has 1 amide bonds. The van der Waals surface area contributed by atoms with Crippen molar-refractivity contribution in [3.63, 3.8) is 0 Å². The zero-order valence-corrected chi connectivity index (χ0v) is 25.5. The Morgan fingerprint density at radius 3 is 2.51 bits per heavy atom. The molecule has 0 radical (unpaired) electrons. The maximum absolute atomic E-state index is 14.2. The number of methoxy groups -OCH3 is 1. The number of para-hydroxylation sites is 1. The molecule has 12 nitrogen and oxygen atoms in total. The highest BCUT2D eigenvalue weighted by molar-refractivity contribution is 6.24. The minimum Gasteiger partial charge on any atom is -0.508 e. The van der Waals surface area contributed by atoms with Crippen molar-refractivity contribution in [1.29, 1.82) is 0 Å². The monoisotopic (exact) mass is 614 g/mol. The molecule has 5 N–H and O–H groups in total. The molecule has 0 spiro atoms. The second-order valence-electron chi connectivity index (χ2n) is 12.1. The highest BCUT2D eigenvalue weighted by atomic mass is 16.5. The predicted octanol–water partition coefficient (Wildman–Crippen LogP) is 2.64. The molecule has 4 atom stereocenters. The summed E-state index contributed by atoms with van der Waals surface area (Å²) in [7, 11) is 8.44. The number of ketones is 2. The number of hydrogen-bond acceptors (Lipinski definition) is 11. The van der Waals surface area contributed by atoms with E-state index in [1.165, 1.54) is 4.90 Å². The van der Waals surface area contributed by atoms with Crippen molar-refractivity contribution in [2.45, 2.75) is 24.5 Å². The molecule has 1 aromatic heterocycles. The maximum Gasteiger partial charge on any atom is 0.255 e. The molecular weight excluding hydrogens is 580 g/mol. The Balaban J connectivity index is 1.54. The van der Waals surface area contributed by atoms with Crippen LogP contribution in [0, 0.1) is 11.8 Å². The number of nitrogens with zero attached hydrogens (tertiary/aromatic N) is 3. The number of carbonyl (C=O) groups is 3. The number of primary amides is 1. The Morgan fingerprint density at radius 2 is 1.87 bits per heavy atom. The van der Waals surface area contributed by atoms with Gasteiger partial charge in [-0.2, -0.15) is 0 Å². The molecule has 234 valence electrons. The number of nitrogens with two attached hydrogens (primary N) is 1. The minimum absolute atomic E-state index is 0.0555. The van der Waals surface area contributed by atoms with E-state index in [0.717, 1.165) is 11.3 Å². The van der Waals surface area contributed by atoms with Gasteiger partial charge in [0.1, 0.15) is 28.4 Å². The fourth-order valence-corrected chi connectivity index (χ4v) is 7.13. The summed E-state index contributed by atoms with van der Waals surface area (Å²) in [5.74, 6) is -5.36. The molecule has 1 saturated carbocycles. The Morgan fingerprint density at radius 1 is 1.16 bits per heavy atom. The summed E-state index contributed by atoms with van der Waals surface area (Å²) in [6, 6.07) is 8.16. The second kappa shape index (κ2) is 10.6. The lowest BCUT2D eigenvalue weighted by Gasteiger charge is -2.50. The average Bonchev–Trinajstić information content (AvgIpc) is 3.40. The second-order valence-corrected chi connectivity index (χ2v) is 12.1. The summed E-state index contributed by atoms with van der Waals surface area (Å²) in [5, 5.41) is 34.9. The highest BCUT2D eigenvalue weighted by Crippen LogP contribution is 2.53. The van der Waals surface area contributed by atoms with Crippen molar-refractivity contribution in [3.05, 3.63) is 69.8 Å². The normalized spacial score (nSPS) is 24.7. The Labute approximate surface area is 258 Å². The number of aliphatic hydroxyl groups is 3. The van der Waals surface area contributed by atoms with Gasteiger partial charge in [-0.05, 0) is 56.6 Å². The van der Waals surface area contributed by atoms with Crippen LogP contribution in [-0.2, 0) is 20.8 Å². The van der Waals surface area contributed by atoms with Crippen LogP contribution in [-0.4, -0.2) is 89.6 Å². The number of aliphatic hydroxyl groups excluding tert-OH is 2.